The number of hydrogen-bond donors (Lipinski definition) is 3. The van der Waals surface area contributed by atoms with Gasteiger partial charge in [0.05, 0.1) is 5.92 Å². The summed E-state index contributed by atoms with van der Waals surface area (Å²) in [5.41, 5.74) is 0. The summed E-state index contributed by atoms with van der Waals surface area (Å²) < 4.78 is 25.3. The van der Waals surface area contributed by atoms with Crippen molar-refractivity contribution in [2.45, 2.75) is 18.2 Å². The molecular weight excluding hydrogens is 296 g/mol. The molecule has 0 bridgehead atoms. The second-order valence-corrected chi connectivity index (χ2v) is 6.56. The Hall–Kier alpha value is -1.59. The molecule has 0 aliphatic rings. The van der Waals surface area contributed by atoms with Crippen molar-refractivity contribution in [3.05, 3.63) is 0 Å². The largest absolute Gasteiger partial charge is 0.481 e. The van der Waals surface area contributed by atoms with Crippen molar-refractivity contribution in [3.8, 4) is 0 Å². The number of carbonyl (C=O) groups is 2. The third kappa shape index (κ3) is 4.54. The molecule has 1 unspecified atom stereocenters. The lowest BCUT2D eigenvalue weighted by Crippen LogP contribution is -2.31. The topological polar surface area (TPSA) is 138 Å². The van der Waals surface area contributed by atoms with Gasteiger partial charge in [0.2, 0.25) is 15.4 Å². The lowest BCUT2D eigenvalue weighted by atomic mass is 10.2. The molecule has 1 aromatic heterocycles. The van der Waals surface area contributed by atoms with Gasteiger partial charge < -0.3 is 10.4 Å². The van der Waals surface area contributed by atoms with Gasteiger partial charge in [0.25, 0.3) is 10.0 Å². The molecule has 3 N–H and O–H groups in total. The van der Waals surface area contributed by atoms with Gasteiger partial charge in [-0.1, -0.05) is 18.3 Å². The van der Waals surface area contributed by atoms with Gasteiger partial charge in [0, 0.05) is 13.5 Å². The number of nitrogens with one attached hydrogen (secondary N) is 2. The number of carboxylic acid groups (broad SMARTS) is 1. The van der Waals surface area contributed by atoms with Crippen LogP contribution in [-0.4, -0.2) is 42.1 Å². The van der Waals surface area contributed by atoms with E-state index in [4.69, 9.17) is 5.11 Å². The van der Waals surface area contributed by atoms with E-state index < -0.39 is 27.8 Å². The van der Waals surface area contributed by atoms with Crippen LogP contribution in [0.1, 0.15) is 13.8 Å². The third-order valence-electron chi connectivity index (χ3n) is 1.92. The molecule has 0 aliphatic heterocycles. The lowest BCUT2D eigenvalue weighted by Gasteiger charge is -2.06. The molecular formula is C8H12N4O5S2. The van der Waals surface area contributed by atoms with Gasteiger partial charge >= 0.3 is 5.97 Å². The van der Waals surface area contributed by atoms with Crippen molar-refractivity contribution in [1.29, 1.82) is 0 Å². The van der Waals surface area contributed by atoms with Gasteiger partial charge in [0.15, 0.2) is 0 Å². The highest BCUT2D eigenvalue weighted by atomic mass is 32.2. The molecule has 1 amide bonds. The minimum atomic E-state index is -3.92. The van der Waals surface area contributed by atoms with E-state index in [-0.39, 0.29) is 16.0 Å². The summed E-state index contributed by atoms with van der Waals surface area (Å²) in [5.74, 6) is -2.37. The fraction of sp³-hybridized carbons (Fsp3) is 0.500. The van der Waals surface area contributed by atoms with E-state index >= 15 is 0 Å². The van der Waals surface area contributed by atoms with E-state index in [1.165, 1.54) is 13.8 Å². The van der Waals surface area contributed by atoms with Gasteiger partial charge in [-0.25, -0.2) is 13.1 Å². The Morgan fingerprint density at radius 2 is 2.05 bits per heavy atom. The van der Waals surface area contributed by atoms with Gasteiger partial charge in [-0.3, -0.25) is 9.59 Å². The first-order chi connectivity index (χ1) is 8.72. The van der Waals surface area contributed by atoms with E-state index in [9.17, 15) is 18.0 Å². The number of sulfonamides is 1. The number of hydrogen-bond acceptors (Lipinski definition) is 7. The predicted octanol–water partition coefficient (Wildman–Crippen LogP) is -0.504. The number of carbonyl (C=O) groups excluding carboxylic acids is 1. The van der Waals surface area contributed by atoms with Crippen LogP contribution in [0.4, 0.5) is 5.13 Å². The van der Waals surface area contributed by atoms with Crippen LogP contribution >= 0.6 is 11.3 Å². The van der Waals surface area contributed by atoms with Crippen molar-refractivity contribution in [2.24, 2.45) is 5.92 Å². The van der Waals surface area contributed by atoms with Crippen LogP contribution in [0, 0.1) is 5.92 Å². The summed E-state index contributed by atoms with van der Waals surface area (Å²) >= 11 is 0.676. The second kappa shape index (κ2) is 6.04. The highest BCUT2D eigenvalue weighted by Crippen LogP contribution is 2.19. The molecule has 0 spiro atoms. The van der Waals surface area contributed by atoms with Crippen LogP contribution in [0.5, 0.6) is 0 Å². The predicted molar refractivity (Wildman–Crippen MR) is 66.2 cm³/mol. The molecule has 1 rings (SSSR count). The first kappa shape index (κ1) is 15.5. The number of anilines is 1. The van der Waals surface area contributed by atoms with Crippen molar-refractivity contribution in [2.75, 3.05) is 11.9 Å². The van der Waals surface area contributed by atoms with Crippen LogP contribution in [0.25, 0.3) is 0 Å². The number of aromatic nitrogens is 2. The van der Waals surface area contributed by atoms with Crippen LogP contribution in [0.2, 0.25) is 0 Å². The van der Waals surface area contributed by atoms with Crippen LogP contribution < -0.4 is 10.0 Å². The normalized spacial score (nSPS) is 12.9. The Balaban J connectivity index is 2.75. The smallest absolute Gasteiger partial charge is 0.307 e. The number of nitrogens with zero attached hydrogens (tertiary/aromatic N) is 2. The molecule has 0 fully saturated rings. The monoisotopic (exact) mass is 308 g/mol. The van der Waals surface area contributed by atoms with Crippen LogP contribution in [0.15, 0.2) is 4.34 Å². The Morgan fingerprint density at radius 1 is 1.42 bits per heavy atom. The molecule has 1 atom stereocenters. The number of aliphatic carboxylic acids is 1. The molecule has 106 valence electrons. The number of carboxylic acids is 1. The van der Waals surface area contributed by atoms with E-state index in [0.717, 1.165) is 0 Å². The summed E-state index contributed by atoms with van der Waals surface area (Å²) in [6.45, 7) is 2.36. The minimum absolute atomic E-state index is 0.0548. The first-order valence-electron chi connectivity index (χ1n) is 5.06. The van der Waals surface area contributed by atoms with Gasteiger partial charge in [-0.15, -0.1) is 10.2 Å². The second-order valence-electron chi connectivity index (χ2n) is 3.65. The Kier molecular flexibility index (Phi) is 4.91. The Bertz CT molecular complexity index is 582. The summed E-state index contributed by atoms with van der Waals surface area (Å²) in [6, 6.07) is 0. The van der Waals surface area contributed by atoms with Gasteiger partial charge in [-0.2, -0.15) is 0 Å². The number of rotatable bonds is 6. The molecule has 0 aromatic carbocycles. The fourth-order valence-corrected chi connectivity index (χ4v) is 3.02. The van der Waals surface area contributed by atoms with Gasteiger partial charge in [0.1, 0.15) is 0 Å². The molecule has 0 aliphatic carbocycles. The maximum atomic E-state index is 11.7. The van der Waals surface area contributed by atoms with Gasteiger partial charge in [-0.05, 0) is 0 Å². The van der Waals surface area contributed by atoms with E-state index in [2.05, 4.69) is 20.2 Å². The fourth-order valence-electron chi connectivity index (χ4n) is 0.903. The van der Waals surface area contributed by atoms with Crippen molar-refractivity contribution in [3.63, 3.8) is 0 Å². The number of amides is 1. The molecule has 11 heteroatoms. The summed E-state index contributed by atoms with van der Waals surface area (Å²) in [4.78, 5) is 21.3. The SMILES string of the molecule is CC(=O)Nc1nnc(S(=O)(=O)NCC(C)C(=O)O)s1. The summed E-state index contributed by atoms with van der Waals surface area (Å²) in [5, 5.41) is 17.9. The third-order valence-corrected chi connectivity index (χ3v) is 4.55. The van der Waals surface area contributed by atoms with Crippen molar-refractivity contribution >= 4 is 38.4 Å². The average Bonchev–Trinajstić information content (AvgIpc) is 2.74. The Labute approximate surface area is 113 Å². The van der Waals surface area contributed by atoms with E-state index in [1.54, 1.807) is 0 Å². The first-order valence-corrected chi connectivity index (χ1v) is 7.36. The molecule has 0 saturated heterocycles. The zero-order valence-corrected chi connectivity index (χ0v) is 11.7. The maximum Gasteiger partial charge on any atom is 0.307 e. The van der Waals surface area contributed by atoms with E-state index in [0.29, 0.717) is 11.3 Å². The van der Waals surface area contributed by atoms with Crippen molar-refractivity contribution in [1.82, 2.24) is 14.9 Å². The molecule has 0 radical (unpaired) electrons. The molecule has 1 aromatic rings. The zero-order valence-electron chi connectivity index (χ0n) is 10.1. The average molecular weight is 308 g/mol. The zero-order chi connectivity index (χ0) is 14.6. The Morgan fingerprint density at radius 3 is 2.58 bits per heavy atom. The molecule has 19 heavy (non-hydrogen) atoms. The minimum Gasteiger partial charge on any atom is -0.481 e. The highest BCUT2D eigenvalue weighted by molar-refractivity contribution is 7.91. The molecule has 9 nitrogen and oxygen atoms in total. The summed E-state index contributed by atoms with van der Waals surface area (Å²) in [6.07, 6.45) is 0. The quantitative estimate of drug-likeness (QED) is 0.602. The molecule has 0 saturated carbocycles. The standard InChI is InChI=1S/C8H12N4O5S2/c1-4(6(14)15)3-9-19(16,17)8-12-11-7(18-8)10-5(2)13/h4,9H,3H2,1-2H3,(H,14,15)(H,10,11,13). The van der Waals surface area contributed by atoms with Crippen LogP contribution in [0.3, 0.4) is 0 Å². The maximum absolute atomic E-state index is 11.7. The van der Waals surface area contributed by atoms with Crippen molar-refractivity contribution < 1.29 is 23.1 Å². The summed E-state index contributed by atoms with van der Waals surface area (Å²) in [7, 11) is -3.92. The molecule has 1 heterocycles. The van der Waals surface area contributed by atoms with Crippen LogP contribution in [-0.2, 0) is 19.6 Å². The van der Waals surface area contributed by atoms with E-state index in [1.807, 2.05) is 0 Å². The highest BCUT2D eigenvalue weighted by Gasteiger charge is 2.22. The lowest BCUT2D eigenvalue weighted by molar-refractivity contribution is -0.140.